The number of nitrogens with zero attached hydrogens (tertiary/aromatic N) is 4. The molecule has 1 fully saturated rings. The molecule has 3 heterocycles. The van der Waals surface area contributed by atoms with Crippen LogP contribution in [-0.4, -0.2) is 33.8 Å². The molecule has 1 N–H and O–H groups in total. The zero-order valence-electron chi connectivity index (χ0n) is 17.7. The monoisotopic (exact) mass is 425 g/mol. The number of rotatable bonds is 5. The Kier molecular flexibility index (Phi) is 5.97. The van der Waals surface area contributed by atoms with Crippen LogP contribution in [0.1, 0.15) is 46.6 Å². The molecule has 3 aromatic rings. The lowest BCUT2D eigenvalue weighted by molar-refractivity contribution is 0.0949. The Morgan fingerprint density at radius 2 is 1.87 bits per heavy atom. The average Bonchev–Trinajstić information content (AvgIpc) is 3.07. The van der Waals surface area contributed by atoms with E-state index < -0.39 is 11.6 Å². The Hall–Kier alpha value is -3.29. The zero-order chi connectivity index (χ0) is 22.0. The zero-order valence-corrected chi connectivity index (χ0v) is 17.7. The summed E-state index contributed by atoms with van der Waals surface area (Å²) >= 11 is 0. The highest BCUT2D eigenvalue weighted by molar-refractivity contribution is 5.96. The maximum Gasteiger partial charge on any atom is 0.255 e. The minimum absolute atomic E-state index is 0.0959. The molecule has 0 saturated carbocycles. The van der Waals surface area contributed by atoms with Crippen molar-refractivity contribution in [3.63, 3.8) is 0 Å². The largest absolute Gasteiger partial charge is 0.357 e. The maximum atomic E-state index is 14.2. The number of nitrogens with one attached hydrogen (secondary N) is 1. The number of hydrogen-bond acceptors (Lipinski definition) is 4. The Morgan fingerprint density at radius 3 is 2.55 bits per heavy atom. The molecule has 0 atom stereocenters. The van der Waals surface area contributed by atoms with Gasteiger partial charge in [-0.05, 0) is 56.9 Å². The SMILES string of the molecule is Cc1nn(-c2ccc(F)cc2F)c(C)c1C(=O)NCc1ccc(N2CCCCC2)nc1. The third kappa shape index (κ3) is 4.42. The van der Waals surface area contributed by atoms with Gasteiger partial charge in [0.25, 0.3) is 5.91 Å². The topological polar surface area (TPSA) is 63.1 Å². The molecule has 0 radical (unpaired) electrons. The third-order valence-corrected chi connectivity index (χ3v) is 5.60. The Labute approximate surface area is 179 Å². The Bertz CT molecular complexity index is 1090. The normalized spacial score (nSPS) is 14.0. The number of carbonyl (C=O) groups is 1. The van der Waals surface area contributed by atoms with Gasteiger partial charge in [0.2, 0.25) is 0 Å². The lowest BCUT2D eigenvalue weighted by Gasteiger charge is -2.27. The molecule has 1 aliphatic rings. The molecule has 1 aliphatic heterocycles. The van der Waals surface area contributed by atoms with Crippen LogP contribution in [-0.2, 0) is 6.54 Å². The van der Waals surface area contributed by atoms with E-state index in [0.717, 1.165) is 36.6 Å². The van der Waals surface area contributed by atoms with Crippen LogP contribution in [0.3, 0.4) is 0 Å². The lowest BCUT2D eigenvalue weighted by atomic mass is 10.1. The van der Waals surface area contributed by atoms with Gasteiger partial charge in [-0.2, -0.15) is 5.10 Å². The number of piperidine rings is 1. The van der Waals surface area contributed by atoms with Gasteiger partial charge in [-0.3, -0.25) is 4.79 Å². The van der Waals surface area contributed by atoms with Gasteiger partial charge in [-0.25, -0.2) is 18.4 Å². The summed E-state index contributed by atoms with van der Waals surface area (Å²) in [5.74, 6) is -0.744. The first kappa shape index (κ1) is 21.0. The molecule has 0 aliphatic carbocycles. The third-order valence-electron chi connectivity index (χ3n) is 5.60. The number of benzene rings is 1. The second kappa shape index (κ2) is 8.83. The summed E-state index contributed by atoms with van der Waals surface area (Å²) in [4.78, 5) is 19.6. The van der Waals surface area contributed by atoms with Crippen LogP contribution >= 0.6 is 0 Å². The number of amides is 1. The summed E-state index contributed by atoms with van der Waals surface area (Å²) in [6.45, 7) is 5.75. The molecule has 162 valence electrons. The highest BCUT2D eigenvalue weighted by Gasteiger charge is 2.21. The van der Waals surface area contributed by atoms with Crippen molar-refractivity contribution in [2.75, 3.05) is 18.0 Å². The fraction of sp³-hybridized carbons (Fsp3) is 0.348. The number of aromatic nitrogens is 3. The number of hydrogen-bond donors (Lipinski definition) is 1. The number of carbonyl (C=O) groups excluding carboxylic acids is 1. The molecule has 0 spiro atoms. The first-order valence-corrected chi connectivity index (χ1v) is 10.4. The van der Waals surface area contributed by atoms with E-state index in [0.29, 0.717) is 23.5 Å². The minimum Gasteiger partial charge on any atom is -0.357 e. The molecular weight excluding hydrogens is 400 g/mol. The Balaban J connectivity index is 1.46. The standard InChI is InChI=1S/C23H25F2N5O/c1-15-22(16(2)30(28-15)20-8-7-18(24)12-19(20)25)23(31)27-14-17-6-9-21(26-13-17)29-10-4-3-5-11-29/h6-9,12-13H,3-5,10-11,14H2,1-2H3,(H,27,31). The van der Waals surface area contributed by atoms with Crippen molar-refractivity contribution in [3.05, 3.63) is 70.7 Å². The molecular formula is C23H25F2N5O. The van der Waals surface area contributed by atoms with Crippen LogP contribution in [0.2, 0.25) is 0 Å². The second-order valence-corrected chi connectivity index (χ2v) is 7.81. The summed E-state index contributed by atoms with van der Waals surface area (Å²) in [5.41, 5.74) is 2.32. The molecule has 2 aromatic heterocycles. The van der Waals surface area contributed by atoms with E-state index in [4.69, 9.17) is 0 Å². The van der Waals surface area contributed by atoms with Crippen molar-refractivity contribution in [1.82, 2.24) is 20.1 Å². The van der Waals surface area contributed by atoms with Gasteiger partial charge < -0.3 is 10.2 Å². The molecule has 1 saturated heterocycles. The molecule has 1 aromatic carbocycles. The van der Waals surface area contributed by atoms with Gasteiger partial charge in [-0.15, -0.1) is 0 Å². The van der Waals surface area contributed by atoms with Gasteiger partial charge in [0, 0.05) is 31.9 Å². The summed E-state index contributed by atoms with van der Waals surface area (Å²) in [6, 6.07) is 7.22. The van der Waals surface area contributed by atoms with Crippen molar-refractivity contribution in [1.29, 1.82) is 0 Å². The molecule has 8 heteroatoms. The van der Waals surface area contributed by atoms with Crippen molar-refractivity contribution < 1.29 is 13.6 Å². The number of aryl methyl sites for hydroxylation is 1. The summed E-state index contributed by atoms with van der Waals surface area (Å²) in [6.07, 6.45) is 5.42. The molecule has 31 heavy (non-hydrogen) atoms. The van der Waals surface area contributed by atoms with E-state index in [-0.39, 0.29) is 11.6 Å². The van der Waals surface area contributed by atoms with E-state index in [9.17, 15) is 13.6 Å². The second-order valence-electron chi connectivity index (χ2n) is 7.81. The molecule has 0 unspecified atom stereocenters. The van der Waals surface area contributed by atoms with Gasteiger partial charge in [0.1, 0.15) is 17.3 Å². The van der Waals surface area contributed by atoms with Gasteiger partial charge in [-0.1, -0.05) is 6.07 Å². The predicted molar refractivity (Wildman–Crippen MR) is 114 cm³/mol. The molecule has 6 nitrogen and oxygen atoms in total. The quantitative estimate of drug-likeness (QED) is 0.669. The smallest absolute Gasteiger partial charge is 0.255 e. The van der Waals surface area contributed by atoms with Crippen LogP contribution in [0.25, 0.3) is 5.69 Å². The fourth-order valence-electron chi connectivity index (χ4n) is 3.96. The van der Waals surface area contributed by atoms with E-state index in [1.54, 1.807) is 20.0 Å². The summed E-state index contributed by atoms with van der Waals surface area (Å²) < 4.78 is 28.7. The van der Waals surface area contributed by atoms with Crippen molar-refractivity contribution in [2.24, 2.45) is 0 Å². The van der Waals surface area contributed by atoms with Gasteiger partial charge in [0.15, 0.2) is 5.82 Å². The number of pyridine rings is 1. The minimum atomic E-state index is -0.738. The van der Waals surface area contributed by atoms with Crippen molar-refractivity contribution in [3.8, 4) is 5.69 Å². The number of anilines is 1. The van der Waals surface area contributed by atoms with E-state index in [2.05, 4.69) is 20.3 Å². The van der Waals surface area contributed by atoms with Crippen LogP contribution in [0.15, 0.2) is 36.5 Å². The number of halogens is 2. The fourth-order valence-corrected chi connectivity index (χ4v) is 3.96. The van der Waals surface area contributed by atoms with Crippen LogP contribution < -0.4 is 10.2 Å². The molecule has 1 amide bonds. The predicted octanol–water partition coefficient (Wildman–Crippen LogP) is 4.08. The van der Waals surface area contributed by atoms with E-state index in [1.165, 1.54) is 30.0 Å². The lowest BCUT2D eigenvalue weighted by Crippen LogP contribution is -2.30. The Morgan fingerprint density at radius 1 is 1.10 bits per heavy atom. The first-order valence-electron chi connectivity index (χ1n) is 10.4. The van der Waals surface area contributed by atoms with Crippen LogP contribution in [0.4, 0.5) is 14.6 Å². The average molecular weight is 425 g/mol. The highest BCUT2D eigenvalue weighted by Crippen LogP contribution is 2.21. The van der Waals surface area contributed by atoms with E-state index in [1.807, 2.05) is 12.1 Å². The molecule has 4 rings (SSSR count). The summed E-state index contributed by atoms with van der Waals surface area (Å²) in [5, 5.41) is 7.17. The highest BCUT2D eigenvalue weighted by atomic mass is 19.1. The van der Waals surface area contributed by atoms with Gasteiger partial charge >= 0.3 is 0 Å². The van der Waals surface area contributed by atoms with Crippen LogP contribution in [0, 0.1) is 25.5 Å². The maximum absolute atomic E-state index is 14.2. The summed E-state index contributed by atoms with van der Waals surface area (Å²) in [7, 11) is 0. The van der Waals surface area contributed by atoms with Crippen LogP contribution in [0.5, 0.6) is 0 Å². The van der Waals surface area contributed by atoms with Crippen molar-refractivity contribution >= 4 is 11.7 Å². The van der Waals surface area contributed by atoms with Crippen molar-refractivity contribution in [2.45, 2.75) is 39.7 Å². The van der Waals surface area contributed by atoms with Gasteiger partial charge in [0.05, 0.1) is 17.0 Å². The molecule has 0 bridgehead atoms. The van der Waals surface area contributed by atoms with E-state index >= 15 is 0 Å². The first-order chi connectivity index (χ1) is 14.9.